The van der Waals surface area contributed by atoms with Crippen molar-refractivity contribution < 1.29 is 9.53 Å². The number of carbonyl (C=O) groups excluding carboxylic acids is 1. The van der Waals surface area contributed by atoms with Crippen molar-refractivity contribution >= 4 is 5.97 Å². The molecule has 0 amide bonds. The van der Waals surface area contributed by atoms with Crippen molar-refractivity contribution in [3.63, 3.8) is 0 Å². The first-order valence-electron chi connectivity index (χ1n) is 6.01. The summed E-state index contributed by atoms with van der Waals surface area (Å²) >= 11 is 0. The van der Waals surface area contributed by atoms with Gasteiger partial charge in [0.25, 0.3) is 0 Å². The third-order valence-electron chi connectivity index (χ3n) is 3.01. The Bertz CT molecular complexity index is 578. The summed E-state index contributed by atoms with van der Waals surface area (Å²) in [5.41, 5.74) is 2.92. The van der Waals surface area contributed by atoms with Gasteiger partial charge in [-0.3, -0.25) is 9.78 Å². The van der Waals surface area contributed by atoms with Crippen LogP contribution in [0.15, 0.2) is 18.6 Å². The summed E-state index contributed by atoms with van der Waals surface area (Å²) < 4.78 is 6.40. The second kappa shape index (κ2) is 5.60. The van der Waals surface area contributed by atoms with Crippen molar-refractivity contribution in [3.05, 3.63) is 35.5 Å². The molecular weight excluding hydrogens is 244 g/mol. The summed E-state index contributed by atoms with van der Waals surface area (Å²) in [7, 11) is 1.39. The van der Waals surface area contributed by atoms with Crippen LogP contribution < -0.4 is 0 Å². The van der Waals surface area contributed by atoms with E-state index >= 15 is 0 Å². The molecule has 0 unspecified atom stereocenters. The van der Waals surface area contributed by atoms with Crippen LogP contribution >= 0.6 is 0 Å². The van der Waals surface area contributed by atoms with E-state index in [4.69, 9.17) is 0 Å². The molecule has 2 aromatic rings. The van der Waals surface area contributed by atoms with Crippen LogP contribution in [0.4, 0.5) is 0 Å². The normalized spacial score (nSPS) is 10.5. The highest BCUT2D eigenvalue weighted by Crippen LogP contribution is 2.17. The highest BCUT2D eigenvalue weighted by atomic mass is 16.5. The van der Waals surface area contributed by atoms with Gasteiger partial charge in [-0.15, -0.1) is 0 Å². The Hall–Kier alpha value is -2.24. The lowest BCUT2D eigenvalue weighted by Gasteiger charge is -2.03. The Labute approximate surface area is 111 Å². The number of rotatable bonds is 4. The molecule has 0 aromatic carbocycles. The fraction of sp³-hybridized carbons (Fsp3) is 0.385. The van der Waals surface area contributed by atoms with Gasteiger partial charge in [0.2, 0.25) is 0 Å². The third kappa shape index (κ3) is 2.78. The molecule has 0 saturated heterocycles. The number of methoxy groups -OCH3 is 1. The molecule has 100 valence electrons. The maximum atomic E-state index is 11.2. The van der Waals surface area contributed by atoms with Crippen LogP contribution in [0, 0.1) is 13.8 Å². The minimum Gasteiger partial charge on any atom is -0.469 e. The van der Waals surface area contributed by atoms with Crippen LogP contribution in [-0.2, 0) is 16.0 Å². The number of ether oxygens (including phenoxy) is 1. The van der Waals surface area contributed by atoms with Crippen LogP contribution in [0.3, 0.4) is 0 Å². The first kappa shape index (κ1) is 13.2. The van der Waals surface area contributed by atoms with Crippen LogP contribution in [0.1, 0.15) is 23.4 Å². The topological polar surface area (TPSA) is 69.9 Å². The first-order valence-corrected chi connectivity index (χ1v) is 6.01. The molecule has 0 aliphatic rings. The summed E-state index contributed by atoms with van der Waals surface area (Å²) in [6.45, 7) is 3.88. The molecule has 0 spiro atoms. The Morgan fingerprint density at radius 1 is 1.37 bits per heavy atom. The van der Waals surface area contributed by atoms with Gasteiger partial charge in [-0.25, -0.2) is 9.67 Å². The maximum Gasteiger partial charge on any atom is 0.305 e. The van der Waals surface area contributed by atoms with E-state index in [9.17, 15) is 4.79 Å². The third-order valence-corrected chi connectivity index (χ3v) is 3.01. The van der Waals surface area contributed by atoms with Gasteiger partial charge in [0, 0.05) is 24.5 Å². The monoisotopic (exact) mass is 260 g/mol. The van der Waals surface area contributed by atoms with Gasteiger partial charge < -0.3 is 4.74 Å². The lowest BCUT2D eigenvalue weighted by Crippen LogP contribution is -2.04. The largest absolute Gasteiger partial charge is 0.469 e. The number of aryl methyl sites for hydroxylation is 1. The molecule has 2 heterocycles. The Morgan fingerprint density at radius 2 is 2.16 bits per heavy atom. The van der Waals surface area contributed by atoms with E-state index in [0.29, 0.717) is 18.7 Å². The lowest BCUT2D eigenvalue weighted by atomic mass is 10.1. The number of hydrogen-bond acceptors (Lipinski definition) is 5. The van der Waals surface area contributed by atoms with E-state index < -0.39 is 0 Å². The van der Waals surface area contributed by atoms with Gasteiger partial charge in [-0.05, 0) is 25.8 Å². The van der Waals surface area contributed by atoms with Gasteiger partial charge in [-0.1, -0.05) is 0 Å². The highest BCUT2D eigenvalue weighted by Gasteiger charge is 2.14. The van der Waals surface area contributed by atoms with Crippen molar-refractivity contribution in [3.8, 4) is 5.82 Å². The molecule has 6 nitrogen and oxygen atoms in total. The maximum absolute atomic E-state index is 11.2. The molecule has 19 heavy (non-hydrogen) atoms. The fourth-order valence-electron chi connectivity index (χ4n) is 1.99. The van der Waals surface area contributed by atoms with E-state index in [1.165, 1.54) is 7.11 Å². The molecule has 2 rings (SSSR count). The Morgan fingerprint density at radius 3 is 2.79 bits per heavy atom. The standard InChI is InChI=1S/C13H16N4O2/c1-9-11(4-5-13(18)19-3)10(2)17(16-9)12-8-14-6-7-15-12/h6-8H,4-5H2,1-3H3. The first-order chi connectivity index (χ1) is 9.13. The zero-order valence-electron chi connectivity index (χ0n) is 11.3. The van der Waals surface area contributed by atoms with E-state index in [0.717, 1.165) is 17.0 Å². The van der Waals surface area contributed by atoms with Crippen molar-refractivity contribution in [1.29, 1.82) is 0 Å². The summed E-state index contributed by atoms with van der Waals surface area (Å²) in [4.78, 5) is 19.5. The Kier molecular flexibility index (Phi) is 3.89. The van der Waals surface area contributed by atoms with Crippen LogP contribution in [0.5, 0.6) is 0 Å². The fourth-order valence-corrected chi connectivity index (χ4v) is 1.99. The van der Waals surface area contributed by atoms with E-state index in [2.05, 4.69) is 19.8 Å². The Balaban J connectivity index is 2.27. The number of esters is 1. The van der Waals surface area contributed by atoms with Gasteiger partial charge >= 0.3 is 5.97 Å². The molecule has 0 aliphatic carbocycles. The van der Waals surface area contributed by atoms with Gasteiger partial charge in [0.15, 0.2) is 5.82 Å². The van der Waals surface area contributed by atoms with Crippen molar-refractivity contribution in [2.45, 2.75) is 26.7 Å². The van der Waals surface area contributed by atoms with E-state index in [1.807, 2.05) is 13.8 Å². The predicted octanol–water partition coefficient (Wildman–Crippen LogP) is 1.38. The molecule has 6 heteroatoms. The number of nitrogens with zero attached hydrogens (tertiary/aromatic N) is 4. The van der Waals surface area contributed by atoms with Gasteiger partial charge in [-0.2, -0.15) is 5.10 Å². The molecule has 0 aliphatic heterocycles. The molecule has 0 radical (unpaired) electrons. The minimum absolute atomic E-state index is 0.217. The molecule has 0 fully saturated rings. The molecule has 0 atom stereocenters. The second-order valence-electron chi connectivity index (χ2n) is 4.20. The summed E-state index contributed by atoms with van der Waals surface area (Å²) in [5, 5.41) is 4.45. The van der Waals surface area contributed by atoms with Crippen molar-refractivity contribution in [1.82, 2.24) is 19.7 Å². The average Bonchev–Trinajstić information content (AvgIpc) is 2.72. The number of aromatic nitrogens is 4. The predicted molar refractivity (Wildman–Crippen MR) is 69.0 cm³/mol. The van der Waals surface area contributed by atoms with Gasteiger partial charge in [0.05, 0.1) is 19.0 Å². The number of hydrogen-bond donors (Lipinski definition) is 0. The zero-order valence-corrected chi connectivity index (χ0v) is 11.3. The smallest absolute Gasteiger partial charge is 0.305 e. The van der Waals surface area contributed by atoms with Gasteiger partial charge in [0.1, 0.15) is 0 Å². The van der Waals surface area contributed by atoms with Crippen LogP contribution in [0.25, 0.3) is 5.82 Å². The van der Waals surface area contributed by atoms with Crippen LogP contribution in [0.2, 0.25) is 0 Å². The molecule has 2 aromatic heterocycles. The number of carbonyl (C=O) groups is 1. The summed E-state index contributed by atoms with van der Waals surface area (Å²) in [6.07, 6.45) is 5.87. The highest BCUT2D eigenvalue weighted by molar-refractivity contribution is 5.69. The molecular formula is C13H16N4O2. The zero-order chi connectivity index (χ0) is 13.8. The summed E-state index contributed by atoms with van der Waals surface area (Å²) in [5.74, 6) is 0.457. The molecule has 0 bridgehead atoms. The quantitative estimate of drug-likeness (QED) is 0.777. The SMILES string of the molecule is COC(=O)CCc1c(C)nn(-c2cnccn2)c1C. The van der Waals surface area contributed by atoms with Crippen molar-refractivity contribution in [2.24, 2.45) is 0 Å². The molecule has 0 N–H and O–H groups in total. The van der Waals surface area contributed by atoms with E-state index in [-0.39, 0.29) is 5.97 Å². The average molecular weight is 260 g/mol. The summed E-state index contributed by atoms with van der Waals surface area (Å²) in [6, 6.07) is 0. The molecule has 0 saturated carbocycles. The lowest BCUT2D eigenvalue weighted by molar-refractivity contribution is -0.140. The van der Waals surface area contributed by atoms with Crippen molar-refractivity contribution in [2.75, 3.05) is 7.11 Å². The minimum atomic E-state index is -0.217. The second-order valence-corrected chi connectivity index (χ2v) is 4.20. The van der Waals surface area contributed by atoms with E-state index in [1.54, 1.807) is 23.3 Å². The van der Waals surface area contributed by atoms with Crippen LogP contribution in [-0.4, -0.2) is 32.8 Å².